The monoisotopic (exact) mass is 318 g/mol. The molecule has 0 saturated heterocycles. The van der Waals surface area contributed by atoms with E-state index in [0.717, 1.165) is 4.47 Å². The normalized spacial score (nSPS) is 9.57. The van der Waals surface area contributed by atoms with Gasteiger partial charge in [-0.25, -0.2) is 4.79 Å². The van der Waals surface area contributed by atoms with Crippen LogP contribution in [0.25, 0.3) is 0 Å². The quantitative estimate of drug-likeness (QED) is 0.629. The Morgan fingerprint density at radius 2 is 2.21 bits per heavy atom. The van der Waals surface area contributed by atoms with E-state index in [9.17, 15) is 4.79 Å². The summed E-state index contributed by atoms with van der Waals surface area (Å²) >= 11 is 6.58. The summed E-state index contributed by atoms with van der Waals surface area (Å²) in [6.07, 6.45) is 1.53. The molecule has 0 saturated carbocycles. The molecule has 14 heavy (non-hydrogen) atoms. The largest absolute Gasteiger partial charge is 0.458 e. The van der Waals surface area contributed by atoms with Crippen molar-refractivity contribution < 1.29 is 9.53 Å². The van der Waals surface area contributed by atoms with E-state index in [0.29, 0.717) is 10.0 Å². The fourth-order valence-electron chi connectivity index (χ4n) is 0.867. The predicted octanol–water partition coefficient (Wildman–Crippen LogP) is 3.55. The Labute approximate surface area is 99.2 Å². The van der Waals surface area contributed by atoms with Gasteiger partial charge in [0.25, 0.3) is 0 Å². The van der Waals surface area contributed by atoms with Crippen LogP contribution in [0.4, 0.5) is 0 Å². The molecule has 0 heterocycles. The van der Waals surface area contributed by atoms with E-state index in [1.807, 2.05) is 0 Å². The molecule has 0 N–H and O–H groups in total. The maximum Gasteiger partial charge on any atom is 0.339 e. The Morgan fingerprint density at radius 3 is 2.79 bits per heavy atom. The van der Waals surface area contributed by atoms with E-state index < -0.39 is 0 Å². The first-order valence-corrected chi connectivity index (χ1v) is 5.47. The maximum atomic E-state index is 11.4. The van der Waals surface area contributed by atoms with E-state index in [4.69, 9.17) is 4.74 Å². The van der Waals surface area contributed by atoms with Gasteiger partial charge in [-0.05, 0) is 34.1 Å². The van der Waals surface area contributed by atoms with Gasteiger partial charge in [-0.3, -0.25) is 0 Å². The second-order valence-corrected chi connectivity index (χ2v) is 4.28. The molecule has 0 aliphatic carbocycles. The molecule has 0 radical (unpaired) electrons. The highest BCUT2D eigenvalue weighted by molar-refractivity contribution is 9.11. The van der Waals surface area contributed by atoms with Crippen LogP contribution in [0.2, 0.25) is 0 Å². The first-order chi connectivity index (χ1) is 6.65. The van der Waals surface area contributed by atoms with Crippen molar-refractivity contribution in [2.45, 2.75) is 0 Å². The Balaban J connectivity index is 2.84. The lowest BCUT2D eigenvalue weighted by molar-refractivity contribution is 0.0548. The first-order valence-electron chi connectivity index (χ1n) is 3.88. The smallest absolute Gasteiger partial charge is 0.339 e. The van der Waals surface area contributed by atoms with Gasteiger partial charge in [0, 0.05) is 8.95 Å². The molecular weight excluding hydrogens is 312 g/mol. The van der Waals surface area contributed by atoms with Gasteiger partial charge >= 0.3 is 5.97 Å². The van der Waals surface area contributed by atoms with Crippen LogP contribution >= 0.6 is 31.9 Å². The number of ether oxygens (including phenoxy) is 1. The van der Waals surface area contributed by atoms with Gasteiger partial charge in [0.15, 0.2) is 0 Å². The van der Waals surface area contributed by atoms with E-state index in [2.05, 4.69) is 38.4 Å². The molecule has 2 nitrogen and oxygen atoms in total. The van der Waals surface area contributed by atoms with Crippen molar-refractivity contribution in [2.75, 3.05) is 6.61 Å². The molecule has 0 atom stereocenters. The van der Waals surface area contributed by atoms with Crippen molar-refractivity contribution in [3.8, 4) is 0 Å². The molecule has 0 aliphatic heterocycles. The SMILES string of the molecule is C=CCOC(=O)c1ccc(Br)cc1Br. The summed E-state index contributed by atoms with van der Waals surface area (Å²) in [6, 6.07) is 5.28. The van der Waals surface area contributed by atoms with Crippen molar-refractivity contribution in [2.24, 2.45) is 0 Å². The third kappa shape index (κ3) is 2.96. The molecule has 0 aliphatic rings. The minimum absolute atomic E-state index is 0.224. The highest BCUT2D eigenvalue weighted by atomic mass is 79.9. The van der Waals surface area contributed by atoms with Crippen LogP contribution in [0, 0.1) is 0 Å². The molecule has 0 unspecified atom stereocenters. The average Bonchev–Trinajstić information content (AvgIpc) is 2.14. The maximum absolute atomic E-state index is 11.4. The van der Waals surface area contributed by atoms with Crippen LogP contribution in [0.1, 0.15) is 10.4 Å². The summed E-state index contributed by atoms with van der Waals surface area (Å²) in [7, 11) is 0. The lowest BCUT2D eigenvalue weighted by Crippen LogP contribution is -2.05. The highest BCUT2D eigenvalue weighted by Gasteiger charge is 2.10. The molecule has 0 bridgehead atoms. The van der Waals surface area contributed by atoms with Crippen molar-refractivity contribution in [3.63, 3.8) is 0 Å². The highest BCUT2D eigenvalue weighted by Crippen LogP contribution is 2.22. The second kappa shape index (κ2) is 5.32. The lowest BCUT2D eigenvalue weighted by atomic mass is 10.2. The van der Waals surface area contributed by atoms with Crippen molar-refractivity contribution in [1.29, 1.82) is 0 Å². The lowest BCUT2D eigenvalue weighted by Gasteiger charge is -2.04. The minimum Gasteiger partial charge on any atom is -0.458 e. The van der Waals surface area contributed by atoms with Crippen LogP contribution in [-0.4, -0.2) is 12.6 Å². The van der Waals surface area contributed by atoms with Crippen LogP contribution < -0.4 is 0 Å². The van der Waals surface area contributed by atoms with Gasteiger partial charge in [-0.1, -0.05) is 28.6 Å². The van der Waals surface area contributed by atoms with Crippen LogP contribution in [0.5, 0.6) is 0 Å². The molecule has 0 fully saturated rings. The summed E-state index contributed by atoms with van der Waals surface area (Å²) in [5.74, 6) is -0.357. The Kier molecular flexibility index (Phi) is 4.35. The Morgan fingerprint density at radius 1 is 1.50 bits per heavy atom. The Hall–Kier alpha value is -0.610. The summed E-state index contributed by atoms with van der Waals surface area (Å²) in [5.41, 5.74) is 0.509. The second-order valence-electron chi connectivity index (χ2n) is 2.51. The van der Waals surface area contributed by atoms with Crippen molar-refractivity contribution >= 4 is 37.8 Å². The minimum atomic E-state index is -0.357. The average molecular weight is 320 g/mol. The molecule has 0 amide bonds. The van der Waals surface area contributed by atoms with Gasteiger partial charge in [0.1, 0.15) is 6.61 Å². The summed E-state index contributed by atoms with van der Waals surface area (Å²) in [5, 5.41) is 0. The van der Waals surface area contributed by atoms with Gasteiger partial charge < -0.3 is 4.74 Å². The van der Waals surface area contributed by atoms with Crippen molar-refractivity contribution in [3.05, 3.63) is 45.4 Å². The fourth-order valence-corrected chi connectivity index (χ4v) is 2.08. The number of carbonyl (C=O) groups is 1. The standard InChI is InChI=1S/C10H8Br2O2/c1-2-5-14-10(13)8-4-3-7(11)6-9(8)12/h2-4,6H,1,5H2. The van der Waals surface area contributed by atoms with E-state index in [1.165, 1.54) is 6.08 Å². The zero-order valence-corrected chi connectivity index (χ0v) is 10.5. The number of rotatable bonds is 3. The van der Waals surface area contributed by atoms with Crippen LogP contribution in [0.15, 0.2) is 39.8 Å². The molecule has 1 aromatic carbocycles. The molecule has 1 rings (SSSR count). The summed E-state index contributed by atoms with van der Waals surface area (Å²) in [4.78, 5) is 11.4. The predicted molar refractivity (Wildman–Crippen MR) is 62.3 cm³/mol. The molecule has 1 aromatic rings. The number of benzene rings is 1. The van der Waals surface area contributed by atoms with Gasteiger partial charge in [-0.2, -0.15) is 0 Å². The van der Waals surface area contributed by atoms with Crippen LogP contribution in [-0.2, 0) is 4.74 Å². The zero-order chi connectivity index (χ0) is 10.6. The van der Waals surface area contributed by atoms with Gasteiger partial charge in [0.05, 0.1) is 5.56 Å². The molecule has 0 spiro atoms. The third-order valence-corrected chi connectivity index (χ3v) is 2.63. The number of hydrogen-bond acceptors (Lipinski definition) is 2. The fraction of sp³-hybridized carbons (Fsp3) is 0.100. The summed E-state index contributed by atoms with van der Waals surface area (Å²) in [6.45, 7) is 3.69. The van der Waals surface area contributed by atoms with Gasteiger partial charge in [-0.15, -0.1) is 0 Å². The number of esters is 1. The van der Waals surface area contributed by atoms with E-state index in [1.54, 1.807) is 18.2 Å². The van der Waals surface area contributed by atoms with E-state index >= 15 is 0 Å². The number of carbonyl (C=O) groups excluding carboxylic acids is 1. The third-order valence-electron chi connectivity index (χ3n) is 1.48. The first kappa shape index (κ1) is 11.5. The summed E-state index contributed by atoms with van der Waals surface area (Å²) < 4.78 is 6.51. The zero-order valence-electron chi connectivity index (χ0n) is 7.30. The number of hydrogen-bond donors (Lipinski definition) is 0. The van der Waals surface area contributed by atoms with Gasteiger partial charge in [0.2, 0.25) is 0 Å². The van der Waals surface area contributed by atoms with Crippen LogP contribution in [0.3, 0.4) is 0 Å². The molecular formula is C10H8Br2O2. The number of halogens is 2. The molecule has 74 valence electrons. The molecule has 0 aromatic heterocycles. The Bertz CT molecular complexity index is 361. The molecule has 4 heteroatoms. The van der Waals surface area contributed by atoms with E-state index in [-0.39, 0.29) is 12.6 Å². The van der Waals surface area contributed by atoms with Crippen molar-refractivity contribution in [1.82, 2.24) is 0 Å². The topological polar surface area (TPSA) is 26.3 Å².